The van der Waals surface area contributed by atoms with Crippen LogP contribution in [0.4, 0.5) is 0 Å². The fraction of sp³-hybridized carbons (Fsp3) is 0.909. The summed E-state index contributed by atoms with van der Waals surface area (Å²) in [7, 11) is 0. The first-order valence-corrected chi connectivity index (χ1v) is 6.70. The molecule has 0 aromatic rings. The minimum Gasteiger partial charge on any atom is -0.392 e. The van der Waals surface area contributed by atoms with Crippen molar-refractivity contribution < 1.29 is 9.90 Å². The van der Waals surface area contributed by atoms with Gasteiger partial charge in [0.1, 0.15) is 0 Å². The molecule has 15 heavy (non-hydrogen) atoms. The molecule has 1 N–H and O–H groups in total. The Morgan fingerprint density at radius 3 is 2.53 bits per heavy atom. The van der Waals surface area contributed by atoms with Crippen molar-refractivity contribution in [2.75, 3.05) is 12.3 Å². The Morgan fingerprint density at radius 1 is 1.53 bits per heavy atom. The quantitative estimate of drug-likeness (QED) is 0.753. The molecule has 0 aromatic heterocycles. The highest BCUT2D eigenvalue weighted by Crippen LogP contribution is 2.27. The van der Waals surface area contributed by atoms with Crippen LogP contribution in [0.2, 0.25) is 0 Å². The maximum Gasteiger partial charge on any atom is 0.232 e. The summed E-state index contributed by atoms with van der Waals surface area (Å²) in [4.78, 5) is 13.8. The van der Waals surface area contributed by atoms with Gasteiger partial charge in [0.15, 0.2) is 0 Å². The molecule has 0 heterocycles. The van der Waals surface area contributed by atoms with Crippen LogP contribution < -0.4 is 0 Å². The van der Waals surface area contributed by atoms with Crippen LogP contribution in [0, 0.1) is 0 Å². The van der Waals surface area contributed by atoms with E-state index >= 15 is 0 Å². The molecule has 0 aromatic carbocycles. The summed E-state index contributed by atoms with van der Waals surface area (Å²) < 4.78 is 0. The molecule has 2 unspecified atom stereocenters. The monoisotopic (exact) mass is 231 g/mol. The first-order chi connectivity index (χ1) is 7.06. The highest BCUT2D eigenvalue weighted by molar-refractivity contribution is 8.00. The average molecular weight is 231 g/mol. The number of carbonyl (C=O) groups excluding carboxylic acids is 1. The molecule has 1 fully saturated rings. The predicted molar refractivity (Wildman–Crippen MR) is 64.0 cm³/mol. The van der Waals surface area contributed by atoms with E-state index in [1.165, 1.54) is 0 Å². The molecule has 1 amide bonds. The van der Waals surface area contributed by atoms with Crippen LogP contribution in [0.5, 0.6) is 0 Å². The van der Waals surface area contributed by atoms with Gasteiger partial charge in [-0.3, -0.25) is 4.79 Å². The zero-order valence-corrected chi connectivity index (χ0v) is 10.6. The van der Waals surface area contributed by atoms with Crippen molar-refractivity contribution in [1.29, 1.82) is 0 Å². The van der Waals surface area contributed by atoms with Gasteiger partial charge >= 0.3 is 0 Å². The second-order valence-corrected chi connectivity index (χ2v) is 5.53. The first-order valence-electron chi connectivity index (χ1n) is 5.65. The van der Waals surface area contributed by atoms with Crippen LogP contribution in [0.25, 0.3) is 0 Å². The van der Waals surface area contributed by atoms with Crippen LogP contribution >= 0.6 is 11.8 Å². The number of thioether (sulfide) groups is 1. The second kappa shape index (κ2) is 5.75. The number of nitrogens with zero attached hydrogens (tertiary/aromatic N) is 1. The second-order valence-electron chi connectivity index (χ2n) is 4.17. The minimum absolute atomic E-state index is 0.131. The molecular formula is C11H21NO2S. The third-order valence-corrected chi connectivity index (χ3v) is 4.13. The Hall–Kier alpha value is -0.220. The van der Waals surface area contributed by atoms with Gasteiger partial charge in [-0.05, 0) is 26.7 Å². The summed E-state index contributed by atoms with van der Waals surface area (Å²) in [5.74, 6) is 0.716. The summed E-state index contributed by atoms with van der Waals surface area (Å²) in [6.07, 6.45) is 1.98. The van der Waals surface area contributed by atoms with Gasteiger partial charge in [-0.25, -0.2) is 0 Å². The van der Waals surface area contributed by atoms with Gasteiger partial charge in [-0.1, -0.05) is 6.92 Å². The number of hydrogen-bond donors (Lipinski definition) is 1. The third-order valence-electron chi connectivity index (χ3n) is 2.80. The standard InChI is InChI=1S/C11H21NO2S/c1-4-12(10-5-6-10)11(14)7-15-9(3)8(2)13/h8-10,13H,4-7H2,1-3H3. The van der Waals surface area contributed by atoms with Crippen LogP contribution in [0.3, 0.4) is 0 Å². The molecule has 0 bridgehead atoms. The molecule has 2 atom stereocenters. The normalized spacial score (nSPS) is 19.7. The molecular weight excluding hydrogens is 210 g/mol. The molecule has 1 rings (SSSR count). The molecule has 0 saturated heterocycles. The van der Waals surface area contributed by atoms with E-state index in [4.69, 9.17) is 0 Å². The van der Waals surface area contributed by atoms with Gasteiger partial charge in [0.25, 0.3) is 0 Å². The summed E-state index contributed by atoms with van der Waals surface area (Å²) in [6, 6.07) is 0.505. The van der Waals surface area contributed by atoms with E-state index in [0.717, 1.165) is 19.4 Å². The summed E-state index contributed by atoms with van der Waals surface area (Å²) in [6.45, 7) is 6.56. The van der Waals surface area contributed by atoms with Crippen molar-refractivity contribution in [3.8, 4) is 0 Å². The SMILES string of the molecule is CCN(C(=O)CSC(C)C(C)O)C1CC1. The number of amides is 1. The summed E-state index contributed by atoms with van der Waals surface area (Å²) in [5.41, 5.74) is 0. The van der Waals surface area contributed by atoms with Crippen molar-refractivity contribution in [3.05, 3.63) is 0 Å². The zero-order valence-electron chi connectivity index (χ0n) is 9.77. The molecule has 3 nitrogen and oxygen atoms in total. The highest BCUT2D eigenvalue weighted by Gasteiger charge is 2.31. The van der Waals surface area contributed by atoms with E-state index in [0.29, 0.717) is 11.8 Å². The average Bonchev–Trinajstić information content (AvgIpc) is 2.99. The largest absolute Gasteiger partial charge is 0.392 e. The Bertz CT molecular complexity index is 217. The maximum absolute atomic E-state index is 11.8. The topological polar surface area (TPSA) is 40.5 Å². The lowest BCUT2D eigenvalue weighted by atomic mass is 10.3. The van der Waals surface area contributed by atoms with Gasteiger partial charge in [0.2, 0.25) is 5.91 Å². The van der Waals surface area contributed by atoms with Gasteiger partial charge in [-0.2, -0.15) is 0 Å². The van der Waals surface area contributed by atoms with E-state index in [1.54, 1.807) is 18.7 Å². The lowest BCUT2D eigenvalue weighted by Gasteiger charge is -2.21. The summed E-state index contributed by atoms with van der Waals surface area (Å²) >= 11 is 1.54. The van der Waals surface area contributed by atoms with E-state index in [-0.39, 0.29) is 17.3 Å². The van der Waals surface area contributed by atoms with Crippen molar-refractivity contribution >= 4 is 17.7 Å². The fourth-order valence-electron chi connectivity index (χ4n) is 1.45. The molecule has 0 aliphatic heterocycles. The van der Waals surface area contributed by atoms with Crippen molar-refractivity contribution in [1.82, 2.24) is 4.90 Å². The smallest absolute Gasteiger partial charge is 0.232 e. The Morgan fingerprint density at radius 2 is 2.13 bits per heavy atom. The third kappa shape index (κ3) is 4.03. The number of hydrogen-bond acceptors (Lipinski definition) is 3. The first kappa shape index (κ1) is 12.8. The van der Waals surface area contributed by atoms with E-state index in [9.17, 15) is 9.90 Å². The molecule has 1 aliphatic rings. The summed E-state index contributed by atoms with van der Waals surface area (Å²) in [5, 5.41) is 9.44. The molecule has 1 aliphatic carbocycles. The van der Waals surface area contributed by atoms with E-state index in [2.05, 4.69) is 0 Å². The van der Waals surface area contributed by atoms with Crippen molar-refractivity contribution in [2.24, 2.45) is 0 Å². The Labute approximate surface area is 96.2 Å². The fourth-order valence-corrected chi connectivity index (χ4v) is 2.30. The Balaban J connectivity index is 2.27. The van der Waals surface area contributed by atoms with Crippen LogP contribution in [0.1, 0.15) is 33.6 Å². The van der Waals surface area contributed by atoms with E-state index < -0.39 is 0 Å². The molecule has 1 saturated carbocycles. The van der Waals surface area contributed by atoms with E-state index in [1.807, 2.05) is 18.7 Å². The molecule has 0 spiro atoms. The molecule has 0 radical (unpaired) electrons. The highest BCUT2D eigenvalue weighted by atomic mass is 32.2. The predicted octanol–water partition coefficient (Wildman–Crippen LogP) is 1.50. The number of rotatable bonds is 6. The molecule has 88 valence electrons. The molecule has 4 heteroatoms. The Kier molecular flexibility index (Phi) is 4.93. The zero-order chi connectivity index (χ0) is 11.4. The van der Waals surface area contributed by atoms with Crippen LogP contribution in [0.15, 0.2) is 0 Å². The van der Waals surface area contributed by atoms with Crippen molar-refractivity contribution in [2.45, 2.75) is 51.0 Å². The van der Waals surface area contributed by atoms with Crippen LogP contribution in [-0.2, 0) is 4.79 Å². The van der Waals surface area contributed by atoms with Gasteiger partial charge in [0.05, 0.1) is 11.9 Å². The number of aliphatic hydroxyl groups is 1. The minimum atomic E-state index is -0.348. The number of carbonyl (C=O) groups is 1. The van der Waals surface area contributed by atoms with Gasteiger partial charge < -0.3 is 10.0 Å². The number of aliphatic hydroxyl groups excluding tert-OH is 1. The maximum atomic E-state index is 11.8. The van der Waals surface area contributed by atoms with Crippen molar-refractivity contribution in [3.63, 3.8) is 0 Å². The van der Waals surface area contributed by atoms with Gasteiger partial charge in [0, 0.05) is 17.8 Å². The lowest BCUT2D eigenvalue weighted by Crippen LogP contribution is -2.35. The lowest BCUT2D eigenvalue weighted by molar-refractivity contribution is -0.128. The van der Waals surface area contributed by atoms with Crippen LogP contribution in [-0.4, -0.2) is 45.6 Å². The van der Waals surface area contributed by atoms with Gasteiger partial charge in [-0.15, -0.1) is 11.8 Å².